The number of halogens is 1. The number of piperidine rings is 1. The third kappa shape index (κ3) is 4.45. The minimum Gasteiger partial charge on any atom is -0.495 e. The molecule has 27 heavy (non-hydrogen) atoms. The maximum absolute atomic E-state index is 12.8. The van der Waals surface area contributed by atoms with Crippen molar-refractivity contribution < 1.29 is 17.9 Å². The monoisotopic (exact) mass is 428 g/mol. The number of aryl methyl sites for hydroxylation is 1. The number of benzene rings is 1. The maximum Gasteiger partial charge on any atom is 0.261 e. The molecule has 146 valence electrons. The zero-order valence-electron chi connectivity index (χ0n) is 15.1. The Balaban J connectivity index is 1.62. The van der Waals surface area contributed by atoms with Crippen LogP contribution < -0.4 is 10.1 Å². The fraction of sp³-hybridized carbons (Fsp3) is 0.389. The van der Waals surface area contributed by atoms with Crippen LogP contribution in [0.1, 0.15) is 27.4 Å². The fourth-order valence-corrected chi connectivity index (χ4v) is 5.60. The summed E-state index contributed by atoms with van der Waals surface area (Å²) in [6.07, 6.45) is 1.14. The zero-order valence-corrected chi connectivity index (χ0v) is 17.5. The Morgan fingerprint density at radius 2 is 1.96 bits per heavy atom. The van der Waals surface area contributed by atoms with Gasteiger partial charge in [0.1, 0.15) is 5.75 Å². The molecule has 1 saturated heterocycles. The third-order valence-electron chi connectivity index (χ3n) is 4.51. The standard InChI is InChI=1S/C18H21ClN2O4S2/c1-12-3-6-17(26-12)18(22)20-13-7-9-21(10-8-13)27(23,24)14-4-5-16(25-2)15(19)11-14/h3-6,11,13H,7-10H2,1-2H3,(H,20,22). The number of sulfonamides is 1. The summed E-state index contributed by atoms with van der Waals surface area (Å²) in [6, 6.07) is 8.13. The lowest BCUT2D eigenvalue weighted by Crippen LogP contribution is -2.46. The minimum absolute atomic E-state index is 0.0363. The molecular formula is C18H21ClN2O4S2. The molecule has 1 aliphatic heterocycles. The molecule has 3 rings (SSSR count). The average molecular weight is 429 g/mol. The Morgan fingerprint density at radius 1 is 1.26 bits per heavy atom. The maximum atomic E-state index is 12.8. The van der Waals surface area contributed by atoms with Gasteiger partial charge in [-0.2, -0.15) is 4.31 Å². The lowest BCUT2D eigenvalue weighted by molar-refractivity contribution is 0.0928. The molecule has 0 bridgehead atoms. The fourth-order valence-electron chi connectivity index (χ4n) is 3.01. The van der Waals surface area contributed by atoms with Crippen molar-refractivity contribution >= 4 is 38.9 Å². The van der Waals surface area contributed by atoms with Crippen LogP contribution in [0.25, 0.3) is 0 Å². The van der Waals surface area contributed by atoms with Gasteiger partial charge in [0, 0.05) is 24.0 Å². The lowest BCUT2D eigenvalue weighted by atomic mass is 10.1. The van der Waals surface area contributed by atoms with Crippen LogP contribution in [-0.4, -0.2) is 44.9 Å². The number of nitrogens with one attached hydrogen (secondary N) is 1. The van der Waals surface area contributed by atoms with Gasteiger partial charge in [0.25, 0.3) is 5.91 Å². The first-order valence-corrected chi connectivity index (χ1v) is 11.2. The first kappa shape index (κ1) is 20.1. The summed E-state index contributed by atoms with van der Waals surface area (Å²) in [4.78, 5) is 14.2. The molecule has 0 spiro atoms. The molecule has 9 heteroatoms. The van der Waals surface area contributed by atoms with E-state index in [1.165, 1.54) is 34.9 Å². The Kier molecular flexibility index (Phi) is 6.10. The highest BCUT2D eigenvalue weighted by molar-refractivity contribution is 7.89. The van der Waals surface area contributed by atoms with E-state index in [1.807, 2.05) is 19.1 Å². The highest BCUT2D eigenvalue weighted by Gasteiger charge is 2.30. The molecule has 1 aliphatic rings. The summed E-state index contributed by atoms with van der Waals surface area (Å²) in [6.45, 7) is 2.65. The SMILES string of the molecule is COc1ccc(S(=O)(=O)N2CCC(NC(=O)c3ccc(C)s3)CC2)cc1Cl. The van der Waals surface area contributed by atoms with Crippen molar-refractivity contribution in [1.29, 1.82) is 0 Å². The average Bonchev–Trinajstić information content (AvgIpc) is 3.08. The number of ether oxygens (including phenoxy) is 1. The van der Waals surface area contributed by atoms with Crippen molar-refractivity contribution in [3.63, 3.8) is 0 Å². The molecule has 1 amide bonds. The number of thiophene rings is 1. The number of hydrogen-bond donors (Lipinski definition) is 1. The molecule has 1 fully saturated rings. The summed E-state index contributed by atoms with van der Waals surface area (Å²) in [5.74, 6) is 0.331. The van der Waals surface area contributed by atoms with Gasteiger partial charge < -0.3 is 10.1 Å². The van der Waals surface area contributed by atoms with Crippen LogP contribution in [0.15, 0.2) is 35.2 Å². The van der Waals surface area contributed by atoms with Gasteiger partial charge in [-0.15, -0.1) is 11.3 Å². The number of nitrogens with zero attached hydrogens (tertiary/aromatic N) is 1. The summed E-state index contributed by atoms with van der Waals surface area (Å²) >= 11 is 7.51. The smallest absolute Gasteiger partial charge is 0.261 e. The van der Waals surface area contributed by atoms with Gasteiger partial charge >= 0.3 is 0 Å². The second-order valence-electron chi connectivity index (χ2n) is 6.36. The van der Waals surface area contributed by atoms with Gasteiger partial charge in [-0.05, 0) is 50.1 Å². The minimum atomic E-state index is -3.63. The number of carbonyl (C=O) groups excluding carboxylic acids is 1. The van der Waals surface area contributed by atoms with Crippen molar-refractivity contribution in [2.45, 2.75) is 30.7 Å². The second-order valence-corrected chi connectivity index (χ2v) is 9.99. The molecule has 0 atom stereocenters. The van der Waals surface area contributed by atoms with Gasteiger partial charge in [-0.1, -0.05) is 11.6 Å². The molecule has 1 aromatic heterocycles. The van der Waals surface area contributed by atoms with E-state index in [0.717, 1.165) is 4.88 Å². The van der Waals surface area contributed by atoms with E-state index in [9.17, 15) is 13.2 Å². The van der Waals surface area contributed by atoms with Crippen LogP contribution in [-0.2, 0) is 10.0 Å². The highest BCUT2D eigenvalue weighted by Crippen LogP contribution is 2.29. The summed E-state index contributed by atoms with van der Waals surface area (Å²) in [7, 11) is -2.15. The normalized spacial score (nSPS) is 16.3. The van der Waals surface area contributed by atoms with Gasteiger partial charge in [0.15, 0.2) is 0 Å². The van der Waals surface area contributed by atoms with Crippen LogP contribution >= 0.6 is 22.9 Å². The summed E-state index contributed by atoms with van der Waals surface area (Å²) in [5, 5.41) is 3.25. The second kappa shape index (κ2) is 8.18. The van der Waals surface area contributed by atoms with E-state index in [4.69, 9.17) is 16.3 Å². The predicted octanol–water partition coefficient (Wildman–Crippen LogP) is 3.30. The van der Waals surface area contributed by atoms with Gasteiger partial charge in [-0.25, -0.2) is 8.42 Å². The molecule has 0 saturated carbocycles. The van der Waals surface area contributed by atoms with Crippen LogP contribution in [0, 0.1) is 6.92 Å². The van der Waals surface area contributed by atoms with Crippen molar-refractivity contribution in [1.82, 2.24) is 9.62 Å². The molecule has 6 nitrogen and oxygen atoms in total. The first-order chi connectivity index (χ1) is 12.8. The first-order valence-electron chi connectivity index (χ1n) is 8.52. The van der Waals surface area contributed by atoms with Gasteiger partial charge in [-0.3, -0.25) is 4.79 Å². The summed E-state index contributed by atoms with van der Waals surface area (Å²) in [5.41, 5.74) is 0. The van der Waals surface area contributed by atoms with E-state index < -0.39 is 10.0 Å². The molecule has 0 aliphatic carbocycles. The number of amides is 1. The Labute approximate surface area is 168 Å². The Hall–Kier alpha value is -1.61. The molecular weight excluding hydrogens is 408 g/mol. The molecule has 2 aromatic rings. The van der Waals surface area contributed by atoms with E-state index >= 15 is 0 Å². The number of carbonyl (C=O) groups is 1. The quantitative estimate of drug-likeness (QED) is 0.792. The van der Waals surface area contributed by atoms with Crippen molar-refractivity contribution in [3.05, 3.63) is 45.1 Å². The molecule has 1 N–H and O–H groups in total. The van der Waals surface area contributed by atoms with E-state index in [2.05, 4.69) is 5.32 Å². The van der Waals surface area contributed by atoms with Crippen LogP contribution in [0.5, 0.6) is 5.75 Å². The molecule has 0 unspecified atom stereocenters. The van der Waals surface area contributed by atoms with Crippen LogP contribution in [0.4, 0.5) is 0 Å². The van der Waals surface area contributed by atoms with Crippen molar-refractivity contribution in [2.24, 2.45) is 0 Å². The largest absolute Gasteiger partial charge is 0.495 e. The van der Waals surface area contributed by atoms with Crippen LogP contribution in [0.2, 0.25) is 5.02 Å². The summed E-state index contributed by atoms with van der Waals surface area (Å²) < 4.78 is 32.2. The third-order valence-corrected chi connectivity index (χ3v) is 7.70. The van der Waals surface area contributed by atoms with E-state index in [-0.39, 0.29) is 21.9 Å². The lowest BCUT2D eigenvalue weighted by Gasteiger charge is -2.31. The van der Waals surface area contributed by atoms with E-state index in [0.29, 0.717) is 36.6 Å². The van der Waals surface area contributed by atoms with Gasteiger partial charge in [0.2, 0.25) is 10.0 Å². The zero-order chi connectivity index (χ0) is 19.6. The predicted molar refractivity (Wildman–Crippen MR) is 106 cm³/mol. The van der Waals surface area contributed by atoms with Crippen molar-refractivity contribution in [2.75, 3.05) is 20.2 Å². The Morgan fingerprint density at radius 3 is 2.52 bits per heavy atom. The van der Waals surface area contributed by atoms with Crippen LogP contribution in [0.3, 0.4) is 0 Å². The molecule has 2 heterocycles. The molecule has 0 radical (unpaired) electrons. The van der Waals surface area contributed by atoms with Gasteiger partial charge in [0.05, 0.1) is 21.9 Å². The number of hydrogen-bond acceptors (Lipinski definition) is 5. The highest BCUT2D eigenvalue weighted by atomic mass is 35.5. The number of methoxy groups -OCH3 is 1. The number of rotatable bonds is 5. The molecule has 1 aromatic carbocycles. The van der Waals surface area contributed by atoms with E-state index in [1.54, 1.807) is 6.07 Å². The van der Waals surface area contributed by atoms with Crippen molar-refractivity contribution in [3.8, 4) is 5.75 Å². The topological polar surface area (TPSA) is 75.7 Å². The Bertz CT molecular complexity index is 935.